The molecule has 2 N–H and O–H groups in total. The first-order valence-corrected chi connectivity index (χ1v) is 8.56. The maximum atomic E-state index is 12.6. The first-order valence-electron chi connectivity index (χ1n) is 8.18. The van der Waals surface area contributed by atoms with Gasteiger partial charge in [-0.15, -0.1) is 0 Å². The number of nitrogens with zero attached hydrogens (tertiary/aromatic N) is 2. The maximum absolute atomic E-state index is 12.6. The van der Waals surface area contributed by atoms with Crippen LogP contribution in [-0.2, 0) is 0 Å². The summed E-state index contributed by atoms with van der Waals surface area (Å²) in [6.07, 6.45) is 0. The third-order valence-electron chi connectivity index (χ3n) is 3.85. The first kappa shape index (κ1) is 17.9. The number of anilines is 3. The van der Waals surface area contributed by atoms with Gasteiger partial charge in [-0.05, 0) is 50.1 Å². The van der Waals surface area contributed by atoms with Gasteiger partial charge >= 0.3 is 0 Å². The zero-order valence-electron chi connectivity index (χ0n) is 14.8. The van der Waals surface area contributed by atoms with Gasteiger partial charge in [0.25, 0.3) is 5.91 Å². The fraction of sp³-hybridized carbons (Fsp3) is 0.150. The summed E-state index contributed by atoms with van der Waals surface area (Å²) in [7, 11) is 0. The van der Waals surface area contributed by atoms with Gasteiger partial charge in [0.05, 0.1) is 10.7 Å². The van der Waals surface area contributed by atoms with Crippen LogP contribution in [-0.4, -0.2) is 15.9 Å². The van der Waals surface area contributed by atoms with Crippen LogP contribution < -0.4 is 10.6 Å². The van der Waals surface area contributed by atoms with Crippen LogP contribution in [0.15, 0.2) is 48.5 Å². The molecular weight excluding hydrogens is 348 g/mol. The van der Waals surface area contributed by atoms with Gasteiger partial charge in [0, 0.05) is 11.8 Å². The molecule has 0 saturated carbocycles. The Balaban J connectivity index is 1.86. The van der Waals surface area contributed by atoms with E-state index < -0.39 is 0 Å². The minimum absolute atomic E-state index is 0.285. The van der Waals surface area contributed by atoms with E-state index in [0.717, 1.165) is 16.8 Å². The van der Waals surface area contributed by atoms with Crippen molar-refractivity contribution in [2.75, 3.05) is 10.6 Å². The Morgan fingerprint density at radius 3 is 2.50 bits per heavy atom. The molecule has 0 unspecified atom stereocenters. The van der Waals surface area contributed by atoms with Gasteiger partial charge in [0.15, 0.2) is 0 Å². The summed E-state index contributed by atoms with van der Waals surface area (Å²) in [5.74, 6) is 0.719. The molecule has 132 valence electrons. The molecule has 0 aliphatic rings. The van der Waals surface area contributed by atoms with E-state index in [4.69, 9.17) is 11.6 Å². The molecular formula is C20H19ClN4O. The normalized spacial score (nSPS) is 10.5. The van der Waals surface area contributed by atoms with Crippen molar-refractivity contribution in [2.24, 2.45) is 0 Å². The van der Waals surface area contributed by atoms with E-state index in [-0.39, 0.29) is 11.6 Å². The summed E-state index contributed by atoms with van der Waals surface area (Å²) < 4.78 is 0. The predicted molar refractivity (Wildman–Crippen MR) is 105 cm³/mol. The van der Waals surface area contributed by atoms with E-state index in [1.54, 1.807) is 19.1 Å². The Kier molecular flexibility index (Phi) is 5.19. The quantitative estimate of drug-likeness (QED) is 0.678. The summed E-state index contributed by atoms with van der Waals surface area (Å²) in [5, 5.41) is 6.62. The first-order chi connectivity index (χ1) is 12.4. The van der Waals surface area contributed by atoms with E-state index in [1.807, 2.05) is 50.2 Å². The summed E-state index contributed by atoms with van der Waals surface area (Å²) >= 11 is 6.17. The van der Waals surface area contributed by atoms with Gasteiger partial charge in [-0.1, -0.05) is 35.9 Å². The lowest BCUT2D eigenvalue weighted by Crippen LogP contribution is -2.16. The minimum atomic E-state index is -0.286. The Bertz CT molecular complexity index is 972. The Labute approximate surface area is 157 Å². The molecule has 6 heteroatoms. The highest BCUT2D eigenvalue weighted by Crippen LogP contribution is 2.24. The summed E-state index contributed by atoms with van der Waals surface area (Å²) in [6.45, 7) is 5.67. The van der Waals surface area contributed by atoms with Crippen LogP contribution in [0.2, 0.25) is 5.02 Å². The van der Waals surface area contributed by atoms with Gasteiger partial charge in [-0.25, -0.2) is 9.97 Å². The second-order valence-electron chi connectivity index (χ2n) is 6.06. The van der Waals surface area contributed by atoms with Crippen molar-refractivity contribution < 1.29 is 4.79 Å². The Morgan fingerprint density at radius 2 is 1.73 bits per heavy atom. The lowest BCUT2D eigenvalue weighted by Gasteiger charge is -2.11. The fourth-order valence-electron chi connectivity index (χ4n) is 2.51. The third-order valence-corrected chi connectivity index (χ3v) is 4.18. The number of aromatic nitrogens is 2. The molecule has 0 aliphatic heterocycles. The highest BCUT2D eigenvalue weighted by molar-refractivity contribution is 6.33. The number of rotatable bonds is 4. The number of nitrogens with one attached hydrogen (secondary N) is 2. The lowest BCUT2D eigenvalue weighted by atomic mass is 10.1. The van der Waals surface area contributed by atoms with Crippen LogP contribution in [0.3, 0.4) is 0 Å². The number of amides is 1. The van der Waals surface area contributed by atoms with Gasteiger partial charge in [0.1, 0.15) is 17.3 Å². The fourth-order valence-corrected chi connectivity index (χ4v) is 2.69. The largest absolute Gasteiger partial charge is 0.339 e. The highest BCUT2D eigenvalue weighted by atomic mass is 35.5. The van der Waals surface area contributed by atoms with Crippen LogP contribution in [0.4, 0.5) is 17.2 Å². The minimum Gasteiger partial charge on any atom is -0.339 e. The Morgan fingerprint density at radius 1 is 0.962 bits per heavy atom. The topological polar surface area (TPSA) is 66.9 Å². The van der Waals surface area contributed by atoms with Crippen LogP contribution in [0.1, 0.15) is 27.4 Å². The zero-order valence-corrected chi connectivity index (χ0v) is 15.6. The molecule has 1 amide bonds. The van der Waals surface area contributed by atoms with Gasteiger partial charge < -0.3 is 10.6 Å². The zero-order chi connectivity index (χ0) is 18.7. The van der Waals surface area contributed by atoms with E-state index in [0.29, 0.717) is 22.4 Å². The number of hydrogen-bond donors (Lipinski definition) is 2. The SMILES string of the molecule is Cc1ccc(C)c(NC(=O)c2cc(Nc3ccccc3Cl)nc(C)n2)c1. The molecule has 0 bridgehead atoms. The second kappa shape index (κ2) is 7.54. The standard InChI is InChI=1S/C20H19ClN4O/c1-12-8-9-13(2)17(10-12)25-20(26)18-11-19(23-14(3)22-18)24-16-7-5-4-6-15(16)21/h4-11H,1-3H3,(H,25,26)(H,22,23,24). The van der Waals surface area contributed by atoms with Gasteiger partial charge in [-0.3, -0.25) is 4.79 Å². The average Bonchev–Trinajstić information content (AvgIpc) is 2.59. The average molecular weight is 367 g/mol. The van der Waals surface area contributed by atoms with Crippen molar-refractivity contribution in [3.63, 3.8) is 0 Å². The van der Waals surface area contributed by atoms with Crippen molar-refractivity contribution in [3.05, 3.63) is 76.2 Å². The Hall–Kier alpha value is -2.92. The molecule has 26 heavy (non-hydrogen) atoms. The van der Waals surface area contributed by atoms with E-state index in [9.17, 15) is 4.79 Å². The number of hydrogen-bond acceptors (Lipinski definition) is 4. The molecule has 1 aromatic heterocycles. The summed E-state index contributed by atoms with van der Waals surface area (Å²) in [4.78, 5) is 21.2. The molecule has 3 aromatic rings. The number of aryl methyl sites for hydroxylation is 3. The summed E-state index contributed by atoms with van der Waals surface area (Å²) in [5.41, 5.74) is 3.84. The van der Waals surface area contributed by atoms with Crippen LogP contribution in [0, 0.1) is 20.8 Å². The molecule has 0 fully saturated rings. The van der Waals surface area contributed by atoms with E-state index >= 15 is 0 Å². The number of carbonyl (C=O) groups excluding carboxylic acids is 1. The molecule has 0 radical (unpaired) electrons. The third kappa shape index (κ3) is 4.18. The number of halogens is 1. The number of para-hydroxylation sites is 1. The number of carbonyl (C=O) groups is 1. The molecule has 0 aliphatic carbocycles. The molecule has 2 aromatic carbocycles. The van der Waals surface area contributed by atoms with Crippen LogP contribution in [0.25, 0.3) is 0 Å². The lowest BCUT2D eigenvalue weighted by molar-refractivity contribution is 0.102. The summed E-state index contributed by atoms with van der Waals surface area (Å²) in [6, 6.07) is 14.9. The van der Waals surface area contributed by atoms with Crippen LogP contribution in [0.5, 0.6) is 0 Å². The molecule has 0 saturated heterocycles. The molecule has 1 heterocycles. The van der Waals surface area contributed by atoms with Crippen LogP contribution >= 0.6 is 11.6 Å². The van der Waals surface area contributed by atoms with Crippen molar-refractivity contribution in [1.29, 1.82) is 0 Å². The van der Waals surface area contributed by atoms with Crippen molar-refractivity contribution in [1.82, 2.24) is 9.97 Å². The van der Waals surface area contributed by atoms with Crippen molar-refractivity contribution in [2.45, 2.75) is 20.8 Å². The van der Waals surface area contributed by atoms with Crippen molar-refractivity contribution >= 4 is 34.7 Å². The van der Waals surface area contributed by atoms with Gasteiger partial charge in [-0.2, -0.15) is 0 Å². The highest BCUT2D eigenvalue weighted by Gasteiger charge is 2.13. The van der Waals surface area contributed by atoms with E-state index in [1.165, 1.54) is 0 Å². The predicted octanol–water partition coefficient (Wildman–Crippen LogP) is 5.05. The second-order valence-corrected chi connectivity index (χ2v) is 6.47. The molecule has 0 atom stereocenters. The molecule has 3 rings (SSSR count). The number of benzene rings is 2. The monoisotopic (exact) mass is 366 g/mol. The maximum Gasteiger partial charge on any atom is 0.274 e. The van der Waals surface area contributed by atoms with Crippen molar-refractivity contribution in [3.8, 4) is 0 Å². The van der Waals surface area contributed by atoms with Gasteiger partial charge in [0.2, 0.25) is 0 Å². The smallest absolute Gasteiger partial charge is 0.274 e. The molecule has 5 nitrogen and oxygen atoms in total. The van der Waals surface area contributed by atoms with E-state index in [2.05, 4.69) is 20.6 Å². The molecule has 0 spiro atoms.